The predicted octanol–water partition coefficient (Wildman–Crippen LogP) is 1.53. The molecule has 2 heterocycles. The zero-order valence-electron chi connectivity index (χ0n) is 8.91. The fourth-order valence-electron chi connectivity index (χ4n) is 1.79. The SMILES string of the molecule is CCN(Cc1cccnc1Cl)C1CNC1. The van der Waals surface area contributed by atoms with Crippen molar-refractivity contribution in [2.75, 3.05) is 19.6 Å². The molecular weight excluding hydrogens is 210 g/mol. The van der Waals surface area contributed by atoms with Gasteiger partial charge in [0.2, 0.25) is 0 Å². The summed E-state index contributed by atoms with van der Waals surface area (Å²) in [5.74, 6) is 0. The van der Waals surface area contributed by atoms with E-state index in [-0.39, 0.29) is 0 Å². The Balaban J connectivity index is 2.02. The molecule has 0 unspecified atom stereocenters. The molecule has 82 valence electrons. The summed E-state index contributed by atoms with van der Waals surface area (Å²) in [6, 6.07) is 4.64. The van der Waals surface area contributed by atoms with Crippen LogP contribution in [0.15, 0.2) is 18.3 Å². The number of nitrogens with one attached hydrogen (secondary N) is 1. The van der Waals surface area contributed by atoms with E-state index in [1.807, 2.05) is 12.1 Å². The van der Waals surface area contributed by atoms with Crippen LogP contribution in [0.3, 0.4) is 0 Å². The average Bonchev–Trinajstić information content (AvgIpc) is 2.17. The van der Waals surface area contributed by atoms with Crippen LogP contribution in [0.25, 0.3) is 0 Å². The Labute approximate surface area is 95.4 Å². The van der Waals surface area contributed by atoms with Crippen molar-refractivity contribution in [3.8, 4) is 0 Å². The maximum Gasteiger partial charge on any atom is 0.133 e. The summed E-state index contributed by atoms with van der Waals surface area (Å²) < 4.78 is 0. The van der Waals surface area contributed by atoms with Gasteiger partial charge in [-0.25, -0.2) is 4.98 Å². The van der Waals surface area contributed by atoms with E-state index in [1.54, 1.807) is 6.20 Å². The fraction of sp³-hybridized carbons (Fsp3) is 0.545. The molecule has 0 bridgehead atoms. The van der Waals surface area contributed by atoms with Gasteiger partial charge in [-0.2, -0.15) is 0 Å². The van der Waals surface area contributed by atoms with Gasteiger partial charge in [0, 0.05) is 37.4 Å². The molecule has 1 N–H and O–H groups in total. The number of rotatable bonds is 4. The Hall–Kier alpha value is -0.640. The zero-order chi connectivity index (χ0) is 10.7. The molecule has 1 aromatic heterocycles. The Morgan fingerprint density at radius 2 is 2.40 bits per heavy atom. The fourth-order valence-corrected chi connectivity index (χ4v) is 1.97. The minimum absolute atomic E-state index is 0.628. The third kappa shape index (κ3) is 2.48. The molecule has 1 aliphatic heterocycles. The molecule has 0 atom stereocenters. The van der Waals surface area contributed by atoms with Crippen LogP contribution >= 0.6 is 11.6 Å². The highest BCUT2D eigenvalue weighted by Gasteiger charge is 2.23. The number of aromatic nitrogens is 1. The van der Waals surface area contributed by atoms with Gasteiger partial charge in [-0.15, -0.1) is 0 Å². The third-order valence-corrected chi connectivity index (χ3v) is 3.23. The number of halogens is 1. The molecule has 2 rings (SSSR count). The monoisotopic (exact) mass is 225 g/mol. The molecule has 0 amide bonds. The molecule has 15 heavy (non-hydrogen) atoms. The van der Waals surface area contributed by atoms with Gasteiger partial charge in [-0.1, -0.05) is 24.6 Å². The second-order valence-electron chi connectivity index (χ2n) is 3.83. The average molecular weight is 226 g/mol. The van der Waals surface area contributed by atoms with Crippen LogP contribution in [0.4, 0.5) is 0 Å². The topological polar surface area (TPSA) is 28.2 Å². The quantitative estimate of drug-likeness (QED) is 0.788. The van der Waals surface area contributed by atoms with E-state index >= 15 is 0 Å². The lowest BCUT2D eigenvalue weighted by Gasteiger charge is -2.37. The summed E-state index contributed by atoms with van der Waals surface area (Å²) in [6.45, 7) is 6.31. The largest absolute Gasteiger partial charge is 0.314 e. The van der Waals surface area contributed by atoms with Crippen molar-refractivity contribution in [1.29, 1.82) is 0 Å². The molecule has 4 heteroatoms. The van der Waals surface area contributed by atoms with Crippen LogP contribution in [0.2, 0.25) is 5.15 Å². The van der Waals surface area contributed by atoms with Gasteiger partial charge < -0.3 is 5.32 Å². The zero-order valence-corrected chi connectivity index (χ0v) is 9.67. The molecule has 1 fully saturated rings. The molecule has 0 aromatic carbocycles. The van der Waals surface area contributed by atoms with Gasteiger partial charge >= 0.3 is 0 Å². The van der Waals surface area contributed by atoms with Crippen LogP contribution in [0.5, 0.6) is 0 Å². The van der Waals surface area contributed by atoms with Gasteiger partial charge in [0.1, 0.15) is 5.15 Å². The minimum Gasteiger partial charge on any atom is -0.314 e. The Morgan fingerprint density at radius 3 is 2.93 bits per heavy atom. The summed E-state index contributed by atoms with van der Waals surface area (Å²) in [5, 5.41) is 3.91. The highest BCUT2D eigenvalue weighted by atomic mass is 35.5. The van der Waals surface area contributed by atoms with E-state index in [2.05, 4.69) is 22.1 Å². The molecule has 3 nitrogen and oxygen atoms in total. The summed E-state index contributed by atoms with van der Waals surface area (Å²) >= 11 is 6.04. The van der Waals surface area contributed by atoms with Crippen LogP contribution in [-0.2, 0) is 6.54 Å². The lowest BCUT2D eigenvalue weighted by Crippen LogP contribution is -2.56. The van der Waals surface area contributed by atoms with Gasteiger partial charge in [0.05, 0.1) is 0 Å². The number of likely N-dealkylation sites (N-methyl/N-ethyl adjacent to an activating group) is 1. The van der Waals surface area contributed by atoms with Crippen LogP contribution in [0, 0.1) is 0 Å². The first-order chi connectivity index (χ1) is 7.31. The summed E-state index contributed by atoms with van der Waals surface area (Å²) in [7, 11) is 0. The van der Waals surface area contributed by atoms with E-state index in [0.717, 1.165) is 31.7 Å². The van der Waals surface area contributed by atoms with E-state index < -0.39 is 0 Å². The van der Waals surface area contributed by atoms with Gasteiger partial charge in [0.25, 0.3) is 0 Å². The second-order valence-corrected chi connectivity index (χ2v) is 4.19. The first-order valence-electron chi connectivity index (χ1n) is 5.35. The Morgan fingerprint density at radius 1 is 1.60 bits per heavy atom. The number of nitrogens with zero attached hydrogens (tertiary/aromatic N) is 2. The van der Waals surface area contributed by atoms with Crippen molar-refractivity contribution in [2.24, 2.45) is 0 Å². The molecule has 1 aromatic rings. The predicted molar refractivity (Wildman–Crippen MR) is 62.0 cm³/mol. The van der Waals surface area contributed by atoms with Crippen LogP contribution in [-0.4, -0.2) is 35.6 Å². The molecular formula is C11H16ClN3. The van der Waals surface area contributed by atoms with Crippen molar-refractivity contribution in [3.63, 3.8) is 0 Å². The molecule has 0 spiro atoms. The Kier molecular flexibility index (Phi) is 3.57. The summed E-state index contributed by atoms with van der Waals surface area (Å²) in [5.41, 5.74) is 1.12. The van der Waals surface area contributed by atoms with E-state index in [0.29, 0.717) is 11.2 Å². The molecule has 0 aliphatic carbocycles. The molecule has 0 radical (unpaired) electrons. The molecule has 1 saturated heterocycles. The normalized spacial score (nSPS) is 16.7. The lowest BCUT2D eigenvalue weighted by atomic mass is 10.1. The van der Waals surface area contributed by atoms with Crippen molar-refractivity contribution in [1.82, 2.24) is 15.2 Å². The van der Waals surface area contributed by atoms with Crippen molar-refractivity contribution >= 4 is 11.6 Å². The van der Waals surface area contributed by atoms with Gasteiger partial charge in [-0.3, -0.25) is 4.90 Å². The number of pyridine rings is 1. The maximum atomic E-state index is 6.04. The lowest BCUT2D eigenvalue weighted by molar-refractivity contribution is 0.145. The van der Waals surface area contributed by atoms with Gasteiger partial charge in [0.15, 0.2) is 0 Å². The number of hydrogen-bond donors (Lipinski definition) is 1. The van der Waals surface area contributed by atoms with Crippen LogP contribution in [0.1, 0.15) is 12.5 Å². The summed E-state index contributed by atoms with van der Waals surface area (Å²) in [4.78, 5) is 6.52. The second kappa shape index (κ2) is 4.92. The van der Waals surface area contributed by atoms with E-state index in [9.17, 15) is 0 Å². The van der Waals surface area contributed by atoms with Crippen molar-refractivity contribution < 1.29 is 0 Å². The first kappa shape index (κ1) is 10.9. The smallest absolute Gasteiger partial charge is 0.133 e. The van der Waals surface area contributed by atoms with Crippen LogP contribution < -0.4 is 5.32 Å². The first-order valence-corrected chi connectivity index (χ1v) is 5.73. The number of hydrogen-bond acceptors (Lipinski definition) is 3. The maximum absolute atomic E-state index is 6.04. The molecule has 1 aliphatic rings. The van der Waals surface area contributed by atoms with Gasteiger partial charge in [-0.05, 0) is 12.6 Å². The highest BCUT2D eigenvalue weighted by molar-refractivity contribution is 6.30. The molecule has 0 saturated carbocycles. The highest BCUT2D eigenvalue weighted by Crippen LogP contribution is 2.16. The third-order valence-electron chi connectivity index (χ3n) is 2.89. The van der Waals surface area contributed by atoms with Crippen molar-refractivity contribution in [2.45, 2.75) is 19.5 Å². The van der Waals surface area contributed by atoms with E-state index in [1.165, 1.54) is 0 Å². The van der Waals surface area contributed by atoms with Crippen molar-refractivity contribution in [3.05, 3.63) is 29.0 Å². The summed E-state index contributed by atoms with van der Waals surface area (Å²) in [6.07, 6.45) is 1.73. The standard InChI is InChI=1S/C11H16ClN3/c1-2-15(10-6-13-7-10)8-9-4-3-5-14-11(9)12/h3-5,10,13H,2,6-8H2,1H3. The Bertz CT molecular complexity index is 325. The minimum atomic E-state index is 0.628. The van der Waals surface area contributed by atoms with E-state index in [4.69, 9.17) is 11.6 Å².